The van der Waals surface area contributed by atoms with Gasteiger partial charge in [-0.15, -0.1) is 0 Å². The fourth-order valence-corrected chi connectivity index (χ4v) is 7.22. The van der Waals surface area contributed by atoms with E-state index < -0.39 is 0 Å². The standard InChI is InChI=1S/C24H16N2O.C18H13BrN2O/c1-2-9-17(10-3-1)25-18-11-4-5-12-19(18)26-20-13-6-7-15-22(20)27-23-16-8-14-21(25)24(23)26;19-12-6-1-2-8-14(12)21-15-9-3-4-10-16(15)22-17-11-5-7-13(20)18(17)21/h1-16H;1-11H,20H2. The van der Waals surface area contributed by atoms with Gasteiger partial charge < -0.3 is 25.0 Å². The van der Waals surface area contributed by atoms with Crippen molar-refractivity contribution in [2.75, 3.05) is 20.4 Å². The second kappa shape index (κ2) is 11.8. The summed E-state index contributed by atoms with van der Waals surface area (Å²) in [4.78, 5) is 6.76. The third-order valence-electron chi connectivity index (χ3n) is 8.82. The van der Waals surface area contributed by atoms with E-state index in [-0.39, 0.29) is 0 Å². The van der Waals surface area contributed by atoms with Gasteiger partial charge in [-0.1, -0.05) is 78.9 Å². The molecule has 0 saturated carbocycles. The number of anilines is 10. The van der Waals surface area contributed by atoms with E-state index in [2.05, 4.69) is 109 Å². The van der Waals surface area contributed by atoms with Crippen LogP contribution < -0.4 is 29.9 Å². The van der Waals surface area contributed by atoms with Crippen molar-refractivity contribution >= 4 is 72.8 Å². The lowest BCUT2D eigenvalue weighted by Gasteiger charge is -2.43. The molecule has 7 aromatic carbocycles. The Bertz CT molecular complexity index is 2350. The Hall–Kier alpha value is -6.18. The minimum absolute atomic E-state index is 0.683. The Morgan fingerprint density at radius 2 is 0.816 bits per heavy atom. The topological polar surface area (TPSA) is 54.2 Å². The number of ether oxygens (including phenoxy) is 2. The molecule has 0 radical (unpaired) electrons. The van der Waals surface area contributed by atoms with Crippen molar-refractivity contribution in [1.29, 1.82) is 0 Å². The van der Waals surface area contributed by atoms with Gasteiger partial charge in [-0.25, -0.2) is 0 Å². The van der Waals surface area contributed by atoms with E-state index >= 15 is 0 Å². The van der Waals surface area contributed by atoms with Gasteiger partial charge in [0.25, 0.3) is 0 Å². The van der Waals surface area contributed by atoms with Crippen molar-refractivity contribution in [3.05, 3.63) is 168 Å². The van der Waals surface area contributed by atoms with Gasteiger partial charge in [-0.3, -0.25) is 4.90 Å². The van der Waals surface area contributed by atoms with Gasteiger partial charge in [-0.05, 0) is 101 Å². The summed E-state index contributed by atoms with van der Waals surface area (Å²) in [7, 11) is 0. The summed E-state index contributed by atoms with van der Waals surface area (Å²) in [6.45, 7) is 0. The Balaban J connectivity index is 0.000000136. The first-order valence-corrected chi connectivity index (χ1v) is 16.8. The number of benzene rings is 7. The number of fused-ring (bicyclic) bond motifs is 6. The smallest absolute Gasteiger partial charge is 0.153 e. The van der Waals surface area contributed by atoms with Crippen molar-refractivity contribution in [2.45, 2.75) is 0 Å². The number of hydrogen-bond donors (Lipinski definition) is 1. The molecule has 7 heteroatoms. The molecule has 0 fully saturated rings. The molecule has 3 aliphatic heterocycles. The molecule has 6 nitrogen and oxygen atoms in total. The van der Waals surface area contributed by atoms with E-state index in [0.29, 0.717) is 5.69 Å². The van der Waals surface area contributed by atoms with Crippen LogP contribution in [0.3, 0.4) is 0 Å². The molecule has 236 valence electrons. The molecule has 0 amide bonds. The maximum absolute atomic E-state index is 6.26. The zero-order valence-corrected chi connectivity index (χ0v) is 27.8. The predicted octanol–water partition coefficient (Wildman–Crippen LogP) is 12.7. The third-order valence-corrected chi connectivity index (χ3v) is 9.49. The summed E-state index contributed by atoms with van der Waals surface area (Å²) in [5.74, 6) is 3.33. The molecule has 49 heavy (non-hydrogen) atoms. The highest BCUT2D eigenvalue weighted by Crippen LogP contribution is 2.61. The number of halogens is 1. The molecule has 7 aromatic rings. The zero-order chi connectivity index (χ0) is 32.9. The van der Waals surface area contributed by atoms with Gasteiger partial charge in [0.1, 0.15) is 11.4 Å². The second-order valence-corrected chi connectivity index (χ2v) is 12.6. The maximum Gasteiger partial charge on any atom is 0.153 e. The van der Waals surface area contributed by atoms with Crippen molar-refractivity contribution in [2.24, 2.45) is 0 Å². The zero-order valence-electron chi connectivity index (χ0n) is 26.2. The van der Waals surface area contributed by atoms with Gasteiger partial charge in [0.2, 0.25) is 0 Å². The molecule has 10 rings (SSSR count). The average Bonchev–Trinajstić information content (AvgIpc) is 3.15. The Kier molecular flexibility index (Phi) is 6.99. The van der Waals surface area contributed by atoms with Crippen molar-refractivity contribution in [3.63, 3.8) is 0 Å². The van der Waals surface area contributed by atoms with E-state index in [9.17, 15) is 0 Å². The fraction of sp³-hybridized carbons (Fsp3) is 0. The summed E-state index contributed by atoms with van der Waals surface area (Å²) >= 11 is 3.64. The minimum Gasteiger partial charge on any atom is -0.453 e. The fourth-order valence-electron chi connectivity index (χ4n) is 6.75. The molecule has 0 aromatic heterocycles. The largest absolute Gasteiger partial charge is 0.453 e. The number of nitrogens with zero attached hydrogens (tertiary/aromatic N) is 3. The second-order valence-electron chi connectivity index (χ2n) is 11.7. The highest BCUT2D eigenvalue weighted by molar-refractivity contribution is 9.10. The SMILES string of the molecule is Nc1cccc2c1N(c1ccccc1Br)c1ccccc1O2.c1ccc(N2c3ccccc3N3c4ccccc4Oc4cccc2c43)cc1. The summed E-state index contributed by atoms with van der Waals surface area (Å²) in [6, 6.07) is 55.3. The highest BCUT2D eigenvalue weighted by Gasteiger charge is 2.36. The first-order chi connectivity index (χ1) is 24.2. The molecule has 2 N–H and O–H groups in total. The highest BCUT2D eigenvalue weighted by atomic mass is 79.9. The number of hydrogen-bond acceptors (Lipinski definition) is 6. The van der Waals surface area contributed by atoms with E-state index in [0.717, 1.165) is 78.7 Å². The van der Waals surface area contributed by atoms with Crippen molar-refractivity contribution < 1.29 is 9.47 Å². The van der Waals surface area contributed by atoms with Crippen LogP contribution in [0, 0.1) is 0 Å². The first-order valence-electron chi connectivity index (χ1n) is 16.0. The Morgan fingerprint density at radius 1 is 0.367 bits per heavy atom. The molecular weight excluding hydrogens is 672 g/mol. The van der Waals surface area contributed by atoms with E-state index in [1.165, 1.54) is 0 Å². The number of nitrogens with two attached hydrogens (primary N) is 1. The monoisotopic (exact) mass is 700 g/mol. The number of nitrogen functional groups attached to an aromatic ring is 1. The van der Waals surface area contributed by atoms with Crippen molar-refractivity contribution in [3.8, 4) is 23.0 Å². The van der Waals surface area contributed by atoms with Crippen LogP contribution in [-0.4, -0.2) is 0 Å². The van der Waals surface area contributed by atoms with E-state index in [1.54, 1.807) is 0 Å². The number of para-hydroxylation sites is 10. The van der Waals surface area contributed by atoms with Crippen molar-refractivity contribution in [1.82, 2.24) is 0 Å². The van der Waals surface area contributed by atoms with Crippen LogP contribution in [0.4, 0.5) is 56.9 Å². The molecule has 0 bridgehead atoms. The average molecular weight is 702 g/mol. The van der Waals surface area contributed by atoms with Crippen LogP contribution in [0.1, 0.15) is 0 Å². The Morgan fingerprint density at radius 3 is 1.47 bits per heavy atom. The normalized spacial score (nSPS) is 12.9. The lowest BCUT2D eigenvalue weighted by molar-refractivity contribution is 0.476. The quantitative estimate of drug-likeness (QED) is 0.181. The van der Waals surface area contributed by atoms with E-state index in [1.807, 2.05) is 84.9 Å². The summed E-state index contributed by atoms with van der Waals surface area (Å²) in [5, 5.41) is 0. The Labute approximate surface area is 292 Å². The molecule has 0 unspecified atom stereocenters. The van der Waals surface area contributed by atoms with Crippen LogP contribution >= 0.6 is 15.9 Å². The van der Waals surface area contributed by atoms with Crippen LogP contribution in [-0.2, 0) is 0 Å². The summed E-state index contributed by atoms with van der Waals surface area (Å²) < 4.78 is 13.3. The van der Waals surface area contributed by atoms with Crippen LogP contribution in [0.2, 0.25) is 0 Å². The molecule has 3 aliphatic rings. The molecule has 0 spiro atoms. The minimum atomic E-state index is 0.683. The summed E-state index contributed by atoms with van der Waals surface area (Å²) in [6.07, 6.45) is 0. The molecule has 3 heterocycles. The number of rotatable bonds is 2. The van der Waals surface area contributed by atoms with Crippen LogP contribution in [0.15, 0.2) is 168 Å². The summed E-state index contributed by atoms with van der Waals surface area (Å²) in [5.41, 5.74) is 16.5. The third kappa shape index (κ3) is 4.78. The molecule has 0 aliphatic carbocycles. The molecule has 0 saturated heterocycles. The van der Waals surface area contributed by atoms with Gasteiger partial charge in [0.15, 0.2) is 23.0 Å². The lowest BCUT2D eigenvalue weighted by Crippen LogP contribution is -2.26. The van der Waals surface area contributed by atoms with Gasteiger partial charge in [0, 0.05) is 10.2 Å². The molecule has 0 atom stereocenters. The lowest BCUT2D eigenvalue weighted by atomic mass is 10.0. The molecular formula is C42H29BrN4O2. The van der Waals surface area contributed by atoms with Crippen LogP contribution in [0.5, 0.6) is 23.0 Å². The predicted molar refractivity (Wildman–Crippen MR) is 203 cm³/mol. The maximum atomic E-state index is 6.26. The van der Waals surface area contributed by atoms with Gasteiger partial charge >= 0.3 is 0 Å². The van der Waals surface area contributed by atoms with Gasteiger partial charge in [-0.2, -0.15) is 0 Å². The first kappa shape index (κ1) is 29.0. The van der Waals surface area contributed by atoms with Crippen LogP contribution in [0.25, 0.3) is 0 Å². The van der Waals surface area contributed by atoms with E-state index in [4.69, 9.17) is 15.2 Å². The van der Waals surface area contributed by atoms with Gasteiger partial charge in [0.05, 0.1) is 39.8 Å².